The van der Waals surface area contributed by atoms with E-state index in [-0.39, 0.29) is 12.4 Å². The van der Waals surface area contributed by atoms with Crippen molar-refractivity contribution >= 4 is 12.1 Å². The molecule has 8 heteroatoms. The summed E-state index contributed by atoms with van der Waals surface area (Å²) in [5.74, 6) is 0.475. The molecule has 124 valence electrons. The first-order valence-electron chi connectivity index (χ1n) is 6.84. The molecule has 0 saturated heterocycles. The molecule has 1 amide bonds. The summed E-state index contributed by atoms with van der Waals surface area (Å²) in [6, 6.07) is 9.06. The summed E-state index contributed by atoms with van der Waals surface area (Å²) < 4.78 is 47.9. The van der Waals surface area contributed by atoms with E-state index >= 15 is 0 Å². The number of benzene rings is 2. The number of carbonyl (C=O) groups excluding carboxylic acids is 1. The minimum atomic E-state index is -4.44. The van der Waals surface area contributed by atoms with E-state index in [4.69, 9.17) is 9.47 Å². The molecule has 1 heterocycles. The topological polar surface area (TPSA) is 59.9 Å². The number of carbonyl (C=O) groups is 1. The molecule has 0 aromatic heterocycles. The third kappa shape index (κ3) is 3.32. The molecule has 0 radical (unpaired) electrons. The van der Waals surface area contributed by atoms with Gasteiger partial charge in [0.05, 0.1) is 11.8 Å². The molecule has 5 nitrogen and oxygen atoms in total. The summed E-state index contributed by atoms with van der Waals surface area (Å²) >= 11 is 0. The average molecular weight is 336 g/mol. The van der Waals surface area contributed by atoms with Crippen LogP contribution in [0.5, 0.6) is 11.5 Å². The van der Waals surface area contributed by atoms with Crippen molar-refractivity contribution in [2.24, 2.45) is 5.10 Å². The van der Waals surface area contributed by atoms with Gasteiger partial charge in [0.15, 0.2) is 11.5 Å². The molecule has 2 aromatic carbocycles. The number of halogens is 3. The number of alkyl halides is 3. The minimum absolute atomic E-state index is 0.0676. The zero-order valence-electron chi connectivity index (χ0n) is 12.1. The van der Waals surface area contributed by atoms with E-state index in [0.29, 0.717) is 17.1 Å². The molecule has 0 spiro atoms. The van der Waals surface area contributed by atoms with E-state index in [9.17, 15) is 18.0 Å². The quantitative estimate of drug-likeness (QED) is 0.692. The van der Waals surface area contributed by atoms with Crippen LogP contribution in [-0.4, -0.2) is 18.9 Å². The Hall–Kier alpha value is -3.03. The second-order valence-electron chi connectivity index (χ2n) is 4.86. The van der Waals surface area contributed by atoms with Crippen LogP contribution in [-0.2, 0) is 6.18 Å². The molecule has 0 unspecified atom stereocenters. The fourth-order valence-electron chi connectivity index (χ4n) is 2.09. The van der Waals surface area contributed by atoms with Crippen LogP contribution in [0.3, 0.4) is 0 Å². The van der Waals surface area contributed by atoms with Gasteiger partial charge in [0.25, 0.3) is 5.91 Å². The normalized spacial score (nSPS) is 13.3. The number of hydrogen-bond donors (Lipinski definition) is 1. The highest BCUT2D eigenvalue weighted by Crippen LogP contribution is 2.34. The number of nitrogens with one attached hydrogen (secondary N) is 1. The lowest BCUT2D eigenvalue weighted by molar-refractivity contribution is -0.137. The van der Waals surface area contributed by atoms with Gasteiger partial charge in [-0.2, -0.15) is 18.3 Å². The standard InChI is InChI=1S/C16H11F3N2O3/c17-16(18,19)12-6-4-10(5-7-12)15(22)21-20-8-11-2-1-3-13-14(11)24-9-23-13/h1-8H,9H2,(H,21,22). The Morgan fingerprint density at radius 1 is 1.12 bits per heavy atom. The van der Waals surface area contributed by atoms with E-state index in [1.165, 1.54) is 6.21 Å². The van der Waals surface area contributed by atoms with Crippen LogP contribution in [0.4, 0.5) is 13.2 Å². The number of hydrazone groups is 1. The summed E-state index contributed by atoms with van der Waals surface area (Å²) in [4.78, 5) is 11.9. The molecule has 1 aliphatic heterocycles. The van der Waals surface area contributed by atoms with Crippen LogP contribution in [0.1, 0.15) is 21.5 Å². The number of amides is 1. The number of para-hydroxylation sites is 1. The smallest absolute Gasteiger partial charge is 0.416 e. The Morgan fingerprint density at radius 3 is 2.58 bits per heavy atom. The first-order valence-corrected chi connectivity index (χ1v) is 6.84. The molecule has 3 rings (SSSR count). The first-order chi connectivity index (χ1) is 11.4. The Bertz CT molecular complexity index is 786. The van der Waals surface area contributed by atoms with Gasteiger partial charge in [-0.3, -0.25) is 4.79 Å². The monoisotopic (exact) mass is 336 g/mol. The summed E-state index contributed by atoms with van der Waals surface area (Å²) in [5, 5.41) is 3.78. The highest BCUT2D eigenvalue weighted by molar-refractivity contribution is 5.95. The lowest BCUT2D eigenvalue weighted by Gasteiger charge is -2.06. The number of ether oxygens (including phenoxy) is 2. The highest BCUT2D eigenvalue weighted by Gasteiger charge is 2.30. The van der Waals surface area contributed by atoms with Crippen LogP contribution in [0.15, 0.2) is 47.6 Å². The molecule has 2 aromatic rings. The second kappa shape index (κ2) is 6.23. The lowest BCUT2D eigenvalue weighted by Crippen LogP contribution is -2.18. The number of nitrogens with zero attached hydrogens (tertiary/aromatic N) is 1. The van der Waals surface area contributed by atoms with Crippen molar-refractivity contribution in [2.45, 2.75) is 6.18 Å². The first kappa shape index (κ1) is 15.9. The van der Waals surface area contributed by atoms with Gasteiger partial charge in [0.2, 0.25) is 6.79 Å². The van der Waals surface area contributed by atoms with Crippen molar-refractivity contribution in [1.82, 2.24) is 5.43 Å². The Kier molecular flexibility index (Phi) is 4.11. The molecular formula is C16H11F3N2O3. The van der Waals surface area contributed by atoms with Gasteiger partial charge in [0.1, 0.15) is 0 Å². The molecule has 0 saturated carbocycles. The van der Waals surface area contributed by atoms with Crippen LogP contribution < -0.4 is 14.9 Å². The van der Waals surface area contributed by atoms with Gasteiger partial charge in [-0.05, 0) is 36.4 Å². The molecule has 1 aliphatic rings. The Labute approximate surface area is 134 Å². The molecule has 0 aliphatic carbocycles. The molecule has 0 bridgehead atoms. The van der Waals surface area contributed by atoms with Crippen molar-refractivity contribution in [2.75, 3.05) is 6.79 Å². The summed E-state index contributed by atoms with van der Waals surface area (Å²) in [6.45, 7) is 0.109. The summed E-state index contributed by atoms with van der Waals surface area (Å²) in [5.41, 5.74) is 2.11. The highest BCUT2D eigenvalue weighted by atomic mass is 19.4. The Morgan fingerprint density at radius 2 is 1.88 bits per heavy atom. The van der Waals surface area contributed by atoms with Crippen LogP contribution in [0, 0.1) is 0 Å². The molecule has 0 atom stereocenters. The zero-order chi connectivity index (χ0) is 17.2. The van der Waals surface area contributed by atoms with E-state index < -0.39 is 17.6 Å². The zero-order valence-corrected chi connectivity index (χ0v) is 12.1. The van der Waals surface area contributed by atoms with Crippen molar-refractivity contribution in [3.8, 4) is 11.5 Å². The van der Waals surface area contributed by atoms with Gasteiger partial charge in [-0.1, -0.05) is 6.07 Å². The third-order valence-electron chi connectivity index (χ3n) is 3.27. The van der Waals surface area contributed by atoms with Crippen molar-refractivity contribution in [3.05, 3.63) is 59.2 Å². The van der Waals surface area contributed by atoms with E-state index in [0.717, 1.165) is 24.3 Å². The number of hydrogen-bond acceptors (Lipinski definition) is 4. The SMILES string of the molecule is O=C(NN=Cc1cccc2c1OCO2)c1ccc(C(F)(F)F)cc1. The molecular weight excluding hydrogens is 325 g/mol. The fraction of sp³-hybridized carbons (Fsp3) is 0.125. The van der Waals surface area contributed by atoms with Gasteiger partial charge >= 0.3 is 6.18 Å². The maximum Gasteiger partial charge on any atom is 0.416 e. The largest absolute Gasteiger partial charge is 0.454 e. The average Bonchev–Trinajstić information content (AvgIpc) is 3.03. The Balaban J connectivity index is 1.67. The van der Waals surface area contributed by atoms with Crippen molar-refractivity contribution < 1.29 is 27.4 Å². The lowest BCUT2D eigenvalue weighted by atomic mass is 10.1. The number of rotatable bonds is 3. The number of fused-ring (bicyclic) bond motifs is 1. The minimum Gasteiger partial charge on any atom is -0.454 e. The third-order valence-corrected chi connectivity index (χ3v) is 3.27. The van der Waals surface area contributed by atoms with Gasteiger partial charge in [-0.15, -0.1) is 0 Å². The molecule has 1 N–H and O–H groups in total. The van der Waals surface area contributed by atoms with Crippen LogP contribution in [0.2, 0.25) is 0 Å². The van der Waals surface area contributed by atoms with E-state index in [2.05, 4.69) is 10.5 Å². The maximum absolute atomic E-state index is 12.5. The summed E-state index contributed by atoms with van der Waals surface area (Å²) in [7, 11) is 0. The van der Waals surface area contributed by atoms with Gasteiger partial charge in [0, 0.05) is 11.1 Å². The van der Waals surface area contributed by atoms with Gasteiger partial charge < -0.3 is 9.47 Å². The predicted molar refractivity (Wildman–Crippen MR) is 79.1 cm³/mol. The second-order valence-corrected chi connectivity index (χ2v) is 4.86. The van der Waals surface area contributed by atoms with Gasteiger partial charge in [-0.25, -0.2) is 5.43 Å². The molecule has 24 heavy (non-hydrogen) atoms. The predicted octanol–water partition coefficient (Wildman–Crippen LogP) is 3.20. The maximum atomic E-state index is 12.5. The fourth-order valence-corrected chi connectivity index (χ4v) is 2.09. The van der Waals surface area contributed by atoms with Crippen molar-refractivity contribution in [3.63, 3.8) is 0 Å². The van der Waals surface area contributed by atoms with E-state index in [1.807, 2.05) is 0 Å². The summed E-state index contributed by atoms with van der Waals surface area (Å²) in [6.07, 6.45) is -3.07. The van der Waals surface area contributed by atoms with E-state index in [1.54, 1.807) is 18.2 Å². The van der Waals surface area contributed by atoms with Crippen molar-refractivity contribution in [1.29, 1.82) is 0 Å². The van der Waals surface area contributed by atoms with Crippen LogP contribution >= 0.6 is 0 Å². The van der Waals surface area contributed by atoms with Crippen LogP contribution in [0.25, 0.3) is 0 Å². The molecule has 0 fully saturated rings.